The molecule has 4 heteroatoms. The smallest absolute Gasteiger partial charge is 0.119 e. The van der Waals surface area contributed by atoms with E-state index in [4.69, 9.17) is 5.73 Å². The Hall–Kier alpha value is -1.97. The SMILES string of the molecule is CC(C)c1ccc(N)cc1.c1ncncn1. The zero-order valence-corrected chi connectivity index (χ0v) is 9.54. The lowest BCUT2D eigenvalue weighted by Gasteiger charge is -2.03. The first-order valence-electron chi connectivity index (χ1n) is 5.10. The van der Waals surface area contributed by atoms with Gasteiger partial charge >= 0.3 is 0 Å². The minimum atomic E-state index is 0.598. The maximum atomic E-state index is 5.53. The number of nitrogens with zero attached hydrogens (tertiary/aromatic N) is 3. The van der Waals surface area contributed by atoms with Crippen LogP contribution >= 0.6 is 0 Å². The van der Waals surface area contributed by atoms with Crippen LogP contribution in [0.1, 0.15) is 25.3 Å². The van der Waals surface area contributed by atoms with Gasteiger partial charge < -0.3 is 5.73 Å². The molecule has 0 radical (unpaired) electrons. The van der Waals surface area contributed by atoms with Crippen LogP contribution < -0.4 is 5.73 Å². The van der Waals surface area contributed by atoms with Crippen LogP contribution in [0.4, 0.5) is 5.69 Å². The molecule has 16 heavy (non-hydrogen) atoms. The monoisotopic (exact) mass is 216 g/mol. The van der Waals surface area contributed by atoms with E-state index < -0.39 is 0 Å². The number of anilines is 1. The van der Waals surface area contributed by atoms with Crippen molar-refractivity contribution in [2.75, 3.05) is 5.73 Å². The van der Waals surface area contributed by atoms with Crippen molar-refractivity contribution in [2.45, 2.75) is 19.8 Å². The van der Waals surface area contributed by atoms with Gasteiger partial charge in [-0.15, -0.1) is 0 Å². The first kappa shape index (κ1) is 12.1. The van der Waals surface area contributed by atoms with E-state index in [1.165, 1.54) is 24.5 Å². The van der Waals surface area contributed by atoms with Gasteiger partial charge in [-0.1, -0.05) is 26.0 Å². The molecule has 0 amide bonds. The molecule has 1 aromatic carbocycles. The molecule has 0 aliphatic carbocycles. The van der Waals surface area contributed by atoms with Crippen LogP contribution in [0.15, 0.2) is 43.2 Å². The zero-order valence-electron chi connectivity index (χ0n) is 9.54. The second-order valence-corrected chi connectivity index (χ2v) is 3.61. The first-order valence-corrected chi connectivity index (χ1v) is 5.10. The summed E-state index contributed by atoms with van der Waals surface area (Å²) in [6.07, 6.45) is 4.31. The van der Waals surface area contributed by atoms with Crippen LogP contribution in [0.5, 0.6) is 0 Å². The van der Waals surface area contributed by atoms with Crippen molar-refractivity contribution >= 4 is 5.69 Å². The summed E-state index contributed by atoms with van der Waals surface area (Å²) in [6, 6.07) is 8.02. The molecule has 2 rings (SSSR count). The van der Waals surface area contributed by atoms with Gasteiger partial charge in [0.2, 0.25) is 0 Å². The van der Waals surface area contributed by atoms with Crippen molar-refractivity contribution in [3.8, 4) is 0 Å². The highest BCUT2D eigenvalue weighted by atomic mass is 14.9. The lowest BCUT2D eigenvalue weighted by atomic mass is 10.0. The van der Waals surface area contributed by atoms with Gasteiger partial charge in [-0.25, -0.2) is 15.0 Å². The first-order chi connectivity index (χ1) is 7.70. The molecular formula is C12H16N4. The quantitative estimate of drug-likeness (QED) is 0.743. The third-order valence-corrected chi connectivity index (χ3v) is 2.00. The van der Waals surface area contributed by atoms with E-state index in [1.807, 2.05) is 12.1 Å². The zero-order chi connectivity index (χ0) is 11.8. The summed E-state index contributed by atoms with van der Waals surface area (Å²) in [5, 5.41) is 0. The number of nitrogen functional groups attached to an aromatic ring is 1. The maximum Gasteiger partial charge on any atom is 0.119 e. The van der Waals surface area contributed by atoms with Crippen molar-refractivity contribution in [1.29, 1.82) is 0 Å². The topological polar surface area (TPSA) is 64.7 Å². The Morgan fingerprint density at radius 2 is 1.31 bits per heavy atom. The molecule has 2 aromatic rings. The average molecular weight is 216 g/mol. The molecule has 0 atom stereocenters. The van der Waals surface area contributed by atoms with E-state index in [2.05, 4.69) is 40.9 Å². The highest BCUT2D eigenvalue weighted by Crippen LogP contribution is 2.14. The average Bonchev–Trinajstić information content (AvgIpc) is 2.32. The van der Waals surface area contributed by atoms with Crippen LogP contribution in [0, 0.1) is 0 Å². The highest BCUT2D eigenvalue weighted by molar-refractivity contribution is 5.39. The molecule has 0 fully saturated rings. The fourth-order valence-corrected chi connectivity index (χ4v) is 1.09. The second-order valence-electron chi connectivity index (χ2n) is 3.61. The number of rotatable bonds is 1. The van der Waals surface area contributed by atoms with E-state index in [-0.39, 0.29) is 0 Å². The summed E-state index contributed by atoms with van der Waals surface area (Å²) in [5.41, 5.74) is 7.71. The number of benzene rings is 1. The molecule has 1 aromatic heterocycles. The van der Waals surface area contributed by atoms with Gasteiger partial charge in [0, 0.05) is 5.69 Å². The molecular weight excluding hydrogens is 200 g/mol. The van der Waals surface area contributed by atoms with Crippen molar-refractivity contribution in [3.05, 3.63) is 48.8 Å². The number of hydrogen-bond acceptors (Lipinski definition) is 4. The lowest BCUT2D eigenvalue weighted by molar-refractivity contribution is 0.867. The number of nitrogens with two attached hydrogens (primary N) is 1. The van der Waals surface area contributed by atoms with Gasteiger partial charge in [0.05, 0.1) is 0 Å². The fourth-order valence-electron chi connectivity index (χ4n) is 1.09. The molecule has 2 N–H and O–H groups in total. The van der Waals surface area contributed by atoms with Crippen molar-refractivity contribution in [2.24, 2.45) is 0 Å². The van der Waals surface area contributed by atoms with E-state index >= 15 is 0 Å². The number of hydrogen-bond donors (Lipinski definition) is 1. The molecule has 0 unspecified atom stereocenters. The molecule has 0 bridgehead atoms. The Bertz CT molecular complexity index is 357. The van der Waals surface area contributed by atoms with Gasteiger partial charge in [0.25, 0.3) is 0 Å². The summed E-state index contributed by atoms with van der Waals surface area (Å²) in [6.45, 7) is 4.34. The van der Waals surface area contributed by atoms with Gasteiger partial charge in [0.1, 0.15) is 19.0 Å². The second kappa shape index (κ2) is 6.50. The predicted molar refractivity (Wildman–Crippen MR) is 64.8 cm³/mol. The Morgan fingerprint density at radius 1 is 0.875 bits per heavy atom. The lowest BCUT2D eigenvalue weighted by Crippen LogP contribution is -1.88. The maximum absolute atomic E-state index is 5.53. The van der Waals surface area contributed by atoms with E-state index in [0.29, 0.717) is 5.92 Å². The molecule has 1 heterocycles. The third-order valence-electron chi connectivity index (χ3n) is 2.00. The fraction of sp³-hybridized carbons (Fsp3) is 0.250. The minimum absolute atomic E-state index is 0.598. The van der Waals surface area contributed by atoms with E-state index in [1.54, 1.807) is 0 Å². The largest absolute Gasteiger partial charge is 0.399 e. The Balaban J connectivity index is 0.000000181. The predicted octanol–water partition coefficient (Wildman–Crippen LogP) is 2.26. The summed E-state index contributed by atoms with van der Waals surface area (Å²) in [5.74, 6) is 0.598. The molecule has 84 valence electrons. The van der Waals surface area contributed by atoms with Crippen molar-refractivity contribution in [3.63, 3.8) is 0 Å². The van der Waals surface area contributed by atoms with Crippen molar-refractivity contribution < 1.29 is 0 Å². The van der Waals surface area contributed by atoms with Crippen LogP contribution in [0.2, 0.25) is 0 Å². The normalized spacial score (nSPS) is 9.44. The summed E-state index contributed by atoms with van der Waals surface area (Å²) in [7, 11) is 0. The molecule has 0 aliphatic heterocycles. The summed E-state index contributed by atoms with van der Waals surface area (Å²) in [4.78, 5) is 10.7. The van der Waals surface area contributed by atoms with Gasteiger partial charge in [-0.3, -0.25) is 0 Å². The molecule has 4 nitrogen and oxygen atoms in total. The van der Waals surface area contributed by atoms with Gasteiger partial charge in [0.15, 0.2) is 0 Å². The summed E-state index contributed by atoms with van der Waals surface area (Å²) < 4.78 is 0. The molecule has 0 saturated carbocycles. The molecule has 0 aliphatic rings. The Kier molecular flexibility index (Phi) is 4.92. The van der Waals surface area contributed by atoms with E-state index in [0.717, 1.165) is 5.69 Å². The third kappa shape index (κ3) is 4.50. The van der Waals surface area contributed by atoms with Gasteiger partial charge in [-0.2, -0.15) is 0 Å². The van der Waals surface area contributed by atoms with Crippen molar-refractivity contribution in [1.82, 2.24) is 15.0 Å². The number of aromatic nitrogens is 3. The molecule has 0 spiro atoms. The van der Waals surface area contributed by atoms with E-state index in [9.17, 15) is 0 Å². The molecule has 0 saturated heterocycles. The van der Waals surface area contributed by atoms with Gasteiger partial charge in [-0.05, 0) is 23.6 Å². The summed E-state index contributed by atoms with van der Waals surface area (Å²) >= 11 is 0. The highest BCUT2D eigenvalue weighted by Gasteiger charge is 1.95. The Labute approximate surface area is 95.6 Å². The Morgan fingerprint density at radius 3 is 1.62 bits per heavy atom. The minimum Gasteiger partial charge on any atom is -0.399 e. The van der Waals surface area contributed by atoms with Crippen LogP contribution in [-0.2, 0) is 0 Å². The van der Waals surface area contributed by atoms with Crippen LogP contribution in [0.3, 0.4) is 0 Å². The van der Waals surface area contributed by atoms with Crippen LogP contribution in [0.25, 0.3) is 0 Å². The standard InChI is InChI=1S/C9H13N.C3H3N3/c1-7(2)8-3-5-9(10)6-4-8;1-4-2-6-3-5-1/h3-7H,10H2,1-2H3;1-3H. The van der Waals surface area contributed by atoms with Crippen LogP contribution in [-0.4, -0.2) is 15.0 Å².